The van der Waals surface area contributed by atoms with Gasteiger partial charge >= 0.3 is 0 Å². The van der Waals surface area contributed by atoms with Gasteiger partial charge in [-0.25, -0.2) is 12.8 Å². The van der Waals surface area contributed by atoms with Gasteiger partial charge in [-0.15, -0.1) is 0 Å². The fourth-order valence-corrected chi connectivity index (χ4v) is 5.18. The lowest BCUT2D eigenvalue weighted by Gasteiger charge is -2.20. The second-order valence-corrected chi connectivity index (χ2v) is 9.53. The normalized spacial score (nSPS) is 13.3. The summed E-state index contributed by atoms with van der Waals surface area (Å²) < 4.78 is 42.0. The van der Waals surface area contributed by atoms with E-state index < -0.39 is 15.8 Å². The topological polar surface area (TPSA) is 60.9 Å². The van der Waals surface area contributed by atoms with E-state index >= 15 is 0 Å². The van der Waals surface area contributed by atoms with Crippen molar-refractivity contribution in [3.8, 4) is 11.8 Å². The number of aliphatic hydroxyl groups excluding tert-OH is 1. The zero-order chi connectivity index (χ0) is 22.4. The van der Waals surface area contributed by atoms with Gasteiger partial charge < -0.3 is 10.0 Å². The summed E-state index contributed by atoms with van der Waals surface area (Å²) >= 11 is 0. The van der Waals surface area contributed by atoms with Gasteiger partial charge in [-0.05, 0) is 62.7 Å². The summed E-state index contributed by atoms with van der Waals surface area (Å²) in [6, 6.07) is 9.64. The molecule has 0 atom stereocenters. The van der Waals surface area contributed by atoms with E-state index in [0.717, 1.165) is 30.6 Å². The van der Waals surface area contributed by atoms with E-state index in [4.69, 9.17) is 5.11 Å². The van der Waals surface area contributed by atoms with Crippen LogP contribution < -0.4 is 4.31 Å². The molecule has 1 aliphatic rings. The molecule has 31 heavy (non-hydrogen) atoms. The van der Waals surface area contributed by atoms with Crippen LogP contribution in [-0.4, -0.2) is 51.2 Å². The maximum Gasteiger partial charge on any atom is 0.264 e. The highest BCUT2D eigenvalue weighted by Gasteiger charge is 2.31. The highest BCUT2D eigenvalue weighted by Crippen LogP contribution is 2.34. The second-order valence-electron chi connectivity index (χ2n) is 7.66. The average molecular weight is 445 g/mol. The smallest absolute Gasteiger partial charge is 0.264 e. The molecule has 3 rings (SSSR count). The van der Waals surface area contributed by atoms with Gasteiger partial charge in [0, 0.05) is 19.5 Å². The first-order valence-corrected chi connectivity index (χ1v) is 12.0. The number of aliphatic hydroxyl groups is 1. The molecule has 1 aliphatic heterocycles. The van der Waals surface area contributed by atoms with Crippen LogP contribution in [0.25, 0.3) is 0 Å². The Morgan fingerprint density at radius 2 is 1.94 bits per heavy atom. The summed E-state index contributed by atoms with van der Waals surface area (Å²) in [6.07, 6.45) is 2.00. The third-order valence-electron chi connectivity index (χ3n) is 5.49. The maximum absolute atomic E-state index is 14.7. The van der Waals surface area contributed by atoms with Crippen LogP contribution >= 0.6 is 0 Å². The van der Waals surface area contributed by atoms with Gasteiger partial charge in [-0.3, -0.25) is 4.31 Å². The van der Waals surface area contributed by atoms with Crippen molar-refractivity contribution in [2.45, 2.75) is 38.0 Å². The van der Waals surface area contributed by atoms with Crippen LogP contribution in [0.5, 0.6) is 0 Å². The molecule has 0 fully saturated rings. The molecule has 0 spiro atoms. The number of unbranched alkanes of at least 4 members (excludes halogenated alkanes) is 1. The molecule has 0 radical (unpaired) electrons. The van der Waals surface area contributed by atoms with Crippen molar-refractivity contribution >= 4 is 15.7 Å². The number of halogens is 1. The van der Waals surface area contributed by atoms with Gasteiger partial charge in [0.2, 0.25) is 0 Å². The third-order valence-corrected chi connectivity index (χ3v) is 7.32. The van der Waals surface area contributed by atoms with E-state index in [1.807, 2.05) is 13.8 Å². The van der Waals surface area contributed by atoms with Gasteiger partial charge in [-0.2, -0.15) is 0 Å². The predicted molar refractivity (Wildman–Crippen MR) is 121 cm³/mol. The van der Waals surface area contributed by atoms with Crippen LogP contribution in [0.4, 0.5) is 10.1 Å². The quantitative estimate of drug-likeness (QED) is 0.501. The Kier molecular flexibility index (Phi) is 7.71. The second kappa shape index (κ2) is 10.3. The number of sulfonamides is 1. The van der Waals surface area contributed by atoms with E-state index in [0.29, 0.717) is 37.2 Å². The van der Waals surface area contributed by atoms with E-state index in [2.05, 4.69) is 16.7 Å². The van der Waals surface area contributed by atoms with Crippen LogP contribution in [-0.2, 0) is 16.4 Å². The Morgan fingerprint density at radius 3 is 2.61 bits per heavy atom. The van der Waals surface area contributed by atoms with Crippen LogP contribution in [0, 0.1) is 24.6 Å². The van der Waals surface area contributed by atoms with Crippen LogP contribution in [0.1, 0.15) is 36.5 Å². The molecule has 5 nitrogen and oxygen atoms in total. The fraction of sp³-hybridized carbons (Fsp3) is 0.417. The largest absolute Gasteiger partial charge is 0.395 e. The number of anilines is 1. The average Bonchev–Trinajstić information content (AvgIpc) is 3.16. The summed E-state index contributed by atoms with van der Waals surface area (Å²) in [7, 11) is -3.73. The molecule has 0 aromatic heterocycles. The number of aryl methyl sites for hydroxylation is 1. The Hall–Kier alpha value is -2.40. The molecule has 0 bridgehead atoms. The van der Waals surface area contributed by atoms with Crippen LogP contribution in [0.2, 0.25) is 0 Å². The van der Waals surface area contributed by atoms with E-state index in [1.165, 1.54) is 10.4 Å². The lowest BCUT2D eigenvalue weighted by atomic mass is 10.1. The molecule has 0 aliphatic carbocycles. The predicted octanol–water partition coefficient (Wildman–Crippen LogP) is 3.33. The lowest BCUT2D eigenvalue weighted by Crippen LogP contribution is -2.29. The number of likely N-dealkylation sites (N-methyl/N-ethyl adjacent to an activating group) is 1. The molecule has 1 N–H and O–H groups in total. The summed E-state index contributed by atoms with van der Waals surface area (Å²) in [6.45, 7) is 6.72. The molecule has 166 valence electrons. The Morgan fingerprint density at radius 1 is 1.19 bits per heavy atom. The van der Waals surface area contributed by atoms with Gasteiger partial charge in [0.05, 0.1) is 22.8 Å². The summed E-state index contributed by atoms with van der Waals surface area (Å²) in [5, 5.41) is 9.02. The molecule has 0 saturated carbocycles. The monoisotopic (exact) mass is 444 g/mol. The van der Waals surface area contributed by atoms with Gasteiger partial charge in [0.25, 0.3) is 10.0 Å². The number of nitrogens with zero attached hydrogens (tertiary/aromatic N) is 2. The molecule has 0 unspecified atom stereocenters. The molecule has 2 aromatic carbocycles. The lowest BCUT2D eigenvalue weighted by molar-refractivity contribution is 0.201. The van der Waals surface area contributed by atoms with Crippen molar-refractivity contribution in [1.29, 1.82) is 0 Å². The maximum atomic E-state index is 14.7. The first-order valence-electron chi connectivity index (χ1n) is 10.6. The number of rotatable bonds is 8. The molecular weight excluding hydrogens is 415 g/mol. The van der Waals surface area contributed by atoms with Gasteiger partial charge in [0.15, 0.2) is 0 Å². The molecule has 1 heterocycles. The zero-order valence-electron chi connectivity index (χ0n) is 18.1. The summed E-state index contributed by atoms with van der Waals surface area (Å²) in [4.78, 5) is 2.35. The number of benzene rings is 2. The minimum absolute atomic E-state index is 0.135. The van der Waals surface area contributed by atoms with Crippen molar-refractivity contribution in [2.24, 2.45) is 0 Å². The number of hydrogen-bond donors (Lipinski definition) is 1. The number of fused-ring (bicyclic) bond motifs is 1. The van der Waals surface area contributed by atoms with E-state index in [9.17, 15) is 12.8 Å². The van der Waals surface area contributed by atoms with E-state index in [1.54, 1.807) is 30.3 Å². The Bertz CT molecular complexity index is 1070. The van der Waals surface area contributed by atoms with Crippen molar-refractivity contribution < 1.29 is 17.9 Å². The van der Waals surface area contributed by atoms with Gasteiger partial charge in [0.1, 0.15) is 5.82 Å². The summed E-state index contributed by atoms with van der Waals surface area (Å²) in [5.41, 5.74) is 2.47. The number of hydrogen-bond acceptors (Lipinski definition) is 4. The van der Waals surface area contributed by atoms with Crippen LogP contribution in [0.15, 0.2) is 41.3 Å². The third kappa shape index (κ3) is 5.45. The molecule has 0 amide bonds. The standard InChI is InChI=1S/C24H29FN2O3S/c1-3-26(15-16-28)13-6-4-5-7-20-17-21-12-14-27(24(21)18-23(20)25)31(29,30)22-10-8-19(2)9-11-22/h8-11,17-18,28H,3-4,6,12-16H2,1-2H3. The van der Waals surface area contributed by atoms with Crippen molar-refractivity contribution in [2.75, 3.05) is 37.1 Å². The van der Waals surface area contributed by atoms with Crippen molar-refractivity contribution in [3.05, 3.63) is 58.9 Å². The summed E-state index contributed by atoms with van der Waals surface area (Å²) in [5.74, 6) is 5.41. The zero-order valence-corrected chi connectivity index (χ0v) is 18.9. The van der Waals surface area contributed by atoms with Crippen molar-refractivity contribution in [3.63, 3.8) is 0 Å². The first kappa shape index (κ1) is 23.3. The molecular formula is C24H29FN2O3S. The minimum atomic E-state index is -3.73. The van der Waals surface area contributed by atoms with E-state index in [-0.39, 0.29) is 11.5 Å². The molecule has 2 aromatic rings. The highest BCUT2D eigenvalue weighted by molar-refractivity contribution is 7.92. The van der Waals surface area contributed by atoms with Crippen molar-refractivity contribution in [1.82, 2.24) is 4.90 Å². The first-order chi connectivity index (χ1) is 14.9. The Labute approximate surface area is 184 Å². The SMILES string of the molecule is CCN(CCO)CCCC#Cc1cc2c(cc1F)N(S(=O)(=O)c1ccc(C)cc1)CC2. The Balaban J connectivity index is 1.72. The molecule has 7 heteroatoms. The van der Waals surface area contributed by atoms with Gasteiger partial charge in [-0.1, -0.05) is 36.5 Å². The fourth-order valence-electron chi connectivity index (χ4n) is 3.68. The highest BCUT2D eigenvalue weighted by atomic mass is 32.2. The minimum Gasteiger partial charge on any atom is -0.395 e. The molecule has 0 saturated heterocycles. The van der Waals surface area contributed by atoms with Crippen LogP contribution in [0.3, 0.4) is 0 Å².